The van der Waals surface area contributed by atoms with Crippen molar-refractivity contribution in [3.8, 4) is 11.5 Å². The number of nitrogens with one attached hydrogen (secondary N) is 2. The largest absolute Gasteiger partial charge is 0.467 e. The smallest absolute Gasteiger partial charge is 0.328 e. The van der Waals surface area contributed by atoms with Crippen LogP contribution in [0.3, 0.4) is 0 Å². The van der Waals surface area contributed by atoms with Gasteiger partial charge in [0.25, 0.3) is 5.91 Å². The molecule has 2 aliphatic heterocycles. The lowest BCUT2D eigenvalue weighted by Gasteiger charge is -2.24. The average molecular weight is 419 g/mol. The van der Waals surface area contributed by atoms with Crippen LogP contribution in [0, 0.1) is 5.92 Å². The second-order valence-corrected chi connectivity index (χ2v) is 7.47. The molecule has 0 saturated carbocycles. The highest BCUT2D eigenvalue weighted by Crippen LogP contribution is 2.37. The molecule has 2 aliphatic rings. The number of hydrogen-bond donors (Lipinski definition) is 2. The van der Waals surface area contributed by atoms with Gasteiger partial charge in [0.1, 0.15) is 18.1 Å². The lowest BCUT2D eigenvalue weighted by atomic mass is 9.91. The summed E-state index contributed by atoms with van der Waals surface area (Å²) < 4.78 is 15.3. The molecule has 0 aromatic heterocycles. The van der Waals surface area contributed by atoms with Crippen molar-refractivity contribution < 1.29 is 33.4 Å². The second kappa shape index (κ2) is 8.21. The minimum Gasteiger partial charge on any atom is -0.467 e. The van der Waals surface area contributed by atoms with Crippen LogP contribution >= 0.6 is 0 Å². The van der Waals surface area contributed by atoms with Gasteiger partial charge in [-0.25, -0.2) is 9.59 Å². The molecule has 30 heavy (non-hydrogen) atoms. The van der Waals surface area contributed by atoms with Gasteiger partial charge in [0.05, 0.1) is 7.11 Å². The molecule has 1 aromatic rings. The summed E-state index contributed by atoms with van der Waals surface area (Å²) in [4.78, 5) is 50.8. The highest BCUT2D eigenvalue weighted by molar-refractivity contribution is 6.09. The Morgan fingerprint density at radius 1 is 1.30 bits per heavy atom. The van der Waals surface area contributed by atoms with Crippen LogP contribution < -0.4 is 20.1 Å². The van der Waals surface area contributed by atoms with E-state index in [1.807, 2.05) is 6.92 Å². The van der Waals surface area contributed by atoms with E-state index in [-0.39, 0.29) is 12.7 Å². The zero-order valence-corrected chi connectivity index (χ0v) is 17.3. The standard InChI is InChI=1S/C20H25N3O7/c1-5-11(2)16(17(25)28-4)21-15(24)9-23-18(26)20(3,22-19(23)27)12-6-7-13-14(8-12)30-10-29-13/h6-8,11,16H,5,9-10H2,1-4H3,(H,21,24)(H,22,27)/t11-,16+,20+/m0/s1. The maximum absolute atomic E-state index is 13.0. The van der Waals surface area contributed by atoms with Crippen molar-refractivity contribution in [1.29, 1.82) is 0 Å². The first kappa shape index (κ1) is 21.4. The third-order valence-corrected chi connectivity index (χ3v) is 5.51. The quantitative estimate of drug-likeness (QED) is 0.497. The maximum Gasteiger partial charge on any atom is 0.328 e. The number of esters is 1. The van der Waals surface area contributed by atoms with Crippen LogP contribution in [0.25, 0.3) is 0 Å². The van der Waals surface area contributed by atoms with Crippen LogP contribution in [0.15, 0.2) is 18.2 Å². The van der Waals surface area contributed by atoms with E-state index >= 15 is 0 Å². The summed E-state index contributed by atoms with van der Waals surface area (Å²) in [5, 5.41) is 5.20. The van der Waals surface area contributed by atoms with Crippen molar-refractivity contribution in [1.82, 2.24) is 15.5 Å². The van der Waals surface area contributed by atoms with E-state index in [1.54, 1.807) is 32.0 Å². The maximum atomic E-state index is 13.0. The van der Waals surface area contributed by atoms with Crippen LogP contribution in [0.4, 0.5) is 4.79 Å². The second-order valence-electron chi connectivity index (χ2n) is 7.47. The Morgan fingerprint density at radius 2 is 2.00 bits per heavy atom. The Balaban J connectivity index is 1.74. The van der Waals surface area contributed by atoms with Gasteiger partial charge in [-0.2, -0.15) is 0 Å². The minimum atomic E-state index is -1.36. The van der Waals surface area contributed by atoms with E-state index in [4.69, 9.17) is 14.2 Å². The number of benzene rings is 1. The number of urea groups is 1. The summed E-state index contributed by atoms with van der Waals surface area (Å²) in [6, 6.07) is 3.37. The van der Waals surface area contributed by atoms with Crippen LogP contribution in [0.1, 0.15) is 32.8 Å². The third-order valence-electron chi connectivity index (χ3n) is 5.51. The highest BCUT2D eigenvalue weighted by Gasteiger charge is 2.50. The van der Waals surface area contributed by atoms with Gasteiger partial charge in [-0.3, -0.25) is 14.5 Å². The Kier molecular flexibility index (Phi) is 5.86. The fraction of sp³-hybridized carbons (Fsp3) is 0.500. The lowest BCUT2D eigenvalue weighted by Crippen LogP contribution is -2.50. The Labute approximate surface area is 173 Å². The monoisotopic (exact) mass is 419 g/mol. The van der Waals surface area contributed by atoms with E-state index in [1.165, 1.54) is 7.11 Å². The molecule has 3 rings (SSSR count). The van der Waals surface area contributed by atoms with Gasteiger partial charge in [0.2, 0.25) is 12.7 Å². The Hall–Kier alpha value is -3.30. The first-order valence-corrected chi connectivity index (χ1v) is 9.62. The molecule has 0 bridgehead atoms. The molecular formula is C20H25N3O7. The van der Waals surface area contributed by atoms with Gasteiger partial charge >= 0.3 is 12.0 Å². The van der Waals surface area contributed by atoms with Gasteiger partial charge in [-0.15, -0.1) is 0 Å². The van der Waals surface area contributed by atoms with Crippen LogP contribution in [-0.4, -0.2) is 55.2 Å². The van der Waals surface area contributed by atoms with E-state index in [0.717, 1.165) is 4.90 Å². The summed E-state index contributed by atoms with van der Waals surface area (Å²) >= 11 is 0. The van der Waals surface area contributed by atoms with E-state index in [0.29, 0.717) is 23.5 Å². The van der Waals surface area contributed by atoms with E-state index < -0.39 is 41.9 Å². The number of carbonyl (C=O) groups is 4. The van der Waals surface area contributed by atoms with Crippen LogP contribution in [0.2, 0.25) is 0 Å². The van der Waals surface area contributed by atoms with Gasteiger partial charge in [0, 0.05) is 0 Å². The van der Waals surface area contributed by atoms with Gasteiger partial charge < -0.3 is 24.8 Å². The summed E-state index contributed by atoms with van der Waals surface area (Å²) in [6.07, 6.45) is 0.630. The zero-order chi connectivity index (χ0) is 22.1. The molecular weight excluding hydrogens is 394 g/mol. The summed E-state index contributed by atoms with van der Waals surface area (Å²) in [6.45, 7) is 4.79. The van der Waals surface area contributed by atoms with Crippen molar-refractivity contribution in [3.05, 3.63) is 23.8 Å². The normalized spacial score (nSPS) is 21.8. The lowest BCUT2D eigenvalue weighted by molar-refractivity contribution is -0.146. The molecule has 1 aromatic carbocycles. The molecule has 0 spiro atoms. The van der Waals surface area contributed by atoms with Crippen LogP contribution in [-0.2, 0) is 24.7 Å². The summed E-state index contributed by atoms with van der Waals surface area (Å²) in [5.74, 6) is -0.956. The molecule has 3 atom stereocenters. The molecule has 1 fully saturated rings. The number of amides is 4. The number of nitrogens with zero attached hydrogens (tertiary/aromatic N) is 1. The molecule has 4 amide bonds. The predicted molar refractivity (Wildman–Crippen MR) is 104 cm³/mol. The topological polar surface area (TPSA) is 123 Å². The predicted octanol–water partition coefficient (Wildman–Crippen LogP) is 0.886. The third kappa shape index (κ3) is 3.77. The fourth-order valence-corrected chi connectivity index (χ4v) is 3.40. The van der Waals surface area contributed by atoms with Crippen molar-refractivity contribution in [2.75, 3.05) is 20.4 Å². The molecule has 2 N–H and O–H groups in total. The van der Waals surface area contributed by atoms with Crippen molar-refractivity contribution in [2.45, 2.75) is 38.8 Å². The molecule has 1 saturated heterocycles. The fourth-order valence-electron chi connectivity index (χ4n) is 3.40. The average Bonchev–Trinajstić information content (AvgIpc) is 3.29. The molecule has 0 unspecified atom stereocenters. The number of hydrogen-bond acceptors (Lipinski definition) is 7. The van der Waals surface area contributed by atoms with Crippen LogP contribution in [0.5, 0.6) is 11.5 Å². The highest BCUT2D eigenvalue weighted by atomic mass is 16.7. The van der Waals surface area contributed by atoms with Gasteiger partial charge in [-0.05, 0) is 30.5 Å². The Bertz CT molecular complexity index is 887. The van der Waals surface area contributed by atoms with Crippen molar-refractivity contribution in [3.63, 3.8) is 0 Å². The molecule has 2 heterocycles. The number of methoxy groups -OCH3 is 1. The SMILES string of the molecule is CC[C@H](C)[C@@H](NC(=O)CN1C(=O)N[C@](C)(c2ccc3c(c2)OCO3)C1=O)C(=O)OC. The van der Waals surface area contributed by atoms with E-state index in [9.17, 15) is 19.2 Å². The zero-order valence-electron chi connectivity index (χ0n) is 17.3. The molecule has 162 valence electrons. The summed E-state index contributed by atoms with van der Waals surface area (Å²) in [5.41, 5.74) is -0.864. The Morgan fingerprint density at radius 3 is 2.67 bits per heavy atom. The van der Waals surface area contributed by atoms with Crippen molar-refractivity contribution >= 4 is 23.8 Å². The minimum absolute atomic E-state index is 0.0830. The van der Waals surface area contributed by atoms with E-state index in [2.05, 4.69) is 10.6 Å². The first-order chi connectivity index (χ1) is 14.2. The molecule has 10 nitrogen and oxygen atoms in total. The van der Waals surface area contributed by atoms with Gasteiger partial charge in [0.15, 0.2) is 11.5 Å². The molecule has 0 radical (unpaired) electrons. The number of rotatable bonds is 7. The molecule has 0 aliphatic carbocycles. The number of fused-ring (bicyclic) bond motifs is 1. The summed E-state index contributed by atoms with van der Waals surface area (Å²) in [7, 11) is 1.23. The number of ether oxygens (including phenoxy) is 3. The molecule has 10 heteroatoms. The first-order valence-electron chi connectivity index (χ1n) is 9.62. The number of imide groups is 1. The van der Waals surface area contributed by atoms with Gasteiger partial charge in [-0.1, -0.05) is 26.3 Å². The van der Waals surface area contributed by atoms with Crippen molar-refractivity contribution in [2.24, 2.45) is 5.92 Å². The number of carbonyl (C=O) groups excluding carboxylic acids is 4.